The first-order chi connectivity index (χ1) is 6.09. The Morgan fingerprint density at radius 2 is 2.23 bits per heavy atom. The van der Waals surface area contributed by atoms with Crippen molar-refractivity contribution in [2.24, 2.45) is 11.3 Å². The number of carbonyl (C=O) groups excluding carboxylic acids is 1. The van der Waals surface area contributed by atoms with Crippen LogP contribution in [0, 0.1) is 11.3 Å². The lowest BCUT2D eigenvalue weighted by Gasteiger charge is -2.23. The maximum Gasteiger partial charge on any atom is 0.231 e. The highest BCUT2D eigenvalue weighted by atomic mass is 16.5. The van der Waals surface area contributed by atoms with Crippen molar-refractivity contribution in [2.75, 3.05) is 20.3 Å². The van der Waals surface area contributed by atoms with Gasteiger partial charge in [0.25, 0.3) is 0 Å². The van der Waals surface area contributed by atoms with E-state index in [9.17, 15) is 4.79 Å². The average Bonchev–Trinajstić information content (AvgIpc) is 2.67. The molecule has 3 nitrogen and oxygen atoms in total. The number of likely N-dealkylation sites (tertiary alicyclic amines) is 1. The Kier molecular flexibility index (Phi) is 1.88. The Morgan fingerprint density at radius 3 is 2.62 bits per heavy atom. The van der Waals surface area contributed by atoms with Crippen LogP contribution >= 0.6 is 0 Å². The molecule has 0 aliphatic carbocycles. The molecule has 13 heavy (non-hydrogen) atoms. The summed E-state index contributed by atoms with van der Waals surface area (Å²) in [4.78, 5) is 13.9. The van der Waals surface area contributed by atoms with Crippen LogP contribution in [0.2, 0.25) is 0 Å². The molecule has 3 unspecified atom stereocenters. The monoisotopic (exact) mass is 183 g/mol. The zero-order valence-electron chi connectivity index (χ0n) is 8.54. The van der Waals surface area contributed by atoms with Gasteiger partial charge in [-0.3, -0.25) is 4.79 Å². The minimum Gasteiger partial charge on any atom is -0.380 e. The van der Waals surface area contributed by atoms with Crippen LogP contribution in [-0.2, 0) is 9.53 Å². The highest BCUT2D eigenvalue weighted by Crippen LogP contribution is 2.46. The maximum atomic E-state index is 12.0. The van der Waals surface area contributed by atoms with Crippen LogP contribution in [0.15, 0.2) is 0 Å². The standard InChI is InChI=1S/C10H17NO2/c1-7-8(2)11(3)9(12)10(7)4-5-13-6-10/h7-8H,4-6H2,1-3H3. The third kappa shape index (κ3) is 0.966. The second-order valence-electron chi connectivity index (χ2n) is 4.40. The summed E-state index contributed by atoms with van der Waals surface area (Å²) in [5, 5.41) is 0. The second kappa shape index (κ2) is 2.71. The zero-order chi connectivity index (χ0) is 9.64. The Balaban J connectivity index is 2.33. The van der Waals surface area contributed by atoms with Gasteiger partial charge >= 0.3 is 0 Å². The van der Waals surface area contributed by atoms with Crippen LogP contribution in [0.3, 0.4) is 0 Å². The minimum atomic E-state index is -0.186. The van der Waals surface area contributed by atoms with Crippen LogP contribution in [0.1, 0.15) is 20.3 Å². The molecule has 2 aliphatic heterocycles. The number of amides is 1. The number of rotatable bonds is 0. The minimum absolute atomic E-state index is 0.186. The lowest BCUT2D eigenvalue weighted by atomic mass is 9.76. The fourth-order valence-corrected chi connectivity index (χ4v) is 2.64. The molecule has 0 bridgehead atoms. The molecule has 1 spiro atoms. The molecule has 1 amide bonds. The highest BCUT2D eigenvalue weighted by Gasteiger charge is 2.56. The van der Waals surface area contributed by atoms with Gasteiger partial charge in [0.2, 0.25) is 5.91 Å². The molecule has 2 rings (SSSR count). The van der Waals surface area contributed by atoms with Gasteiger partial charge in [-0.25, -0.2) is 0 Å². The van der Waals surface area contributed by atoms with Crippen LogP contribution in [0.5, 0.6) is 0 Å². The van der Waals surface area contributed by atoms with Crippen molar-refractivity contribution in [1.29, 1.82) is 0 Å². The quantitative estimate of drug-likeness (QED) is 0.558. The Bertz CT molecular complexity index is 233. The molecular weight excluding hydrogens is 166 g/mol. The van der Waals surface area contributed by atoms with Gasteiger partial charge < -0.3 is 9.64 Å². The predicted octanol–water partition coefficient (Wildman–Crippen LogP) is 0.890. The molecule has 0 saturated carbocycles. The SMILES string of the molecule is CC1C(C)C2(CCOC2)C(=O)N1C. The van der Waals surface area contributed by atoms with E-state index < -0.39 is 0 Å². The summed E-state index contributed by atoms with van der Waals surface area (Å²) >= 11 is 0. The summed E-state index contributed by atoms with van der Waals surface area (Å²) in [5.74, 6) is 0.706. The van der Waals surface area contributed by atoms with Crippen molar-refractivity contribution >= 4 is 5.91 Å². The second-order valence-corrected chi connectivity index (χ2v) is 4.40. The summed E-state index contributed by atoms with van der Waals surface area (Å²) in [6.45, 7) is 5.66. The van der Waals surface area contributed by atoms with E-state index in [1.165, 1.54) is 0 Å². The van der Waals surface area contributed by atoms with Crippen molar-refractivity contribution in [3.8, 4) is 0 Å². The summed E-state index contributed by atoms with van der Waals surface area (Å²) in [7, 11) is 1.90. The Hall–Kier alpha value is -0.570. The van der Waals surface area contributed by atoms with Gasteiger partial charge in [-0.1, -0.05) is 6.92 Å². The molecule has 2 fully saturated rings. The van der Waals surface area contributed by atoms with Crippen LogP contribution in [-0.4, -0.2) is 37.1 Å². The number of nitrogens with zero attached hydrogens (tertiary/aromatic N) is 1. The molecule has 0 aromatic carbocycles. The molecular formula is C10H17NO2. The van der Waals surface area contributed by atoms with E-state index >= 15 is 0 Å². The van der Waals surface area contributed by atoms with E-state index in [1.54, 1.807) is 0 Å². The van der Waals surface area contributed by atoms with Gasteiger partial charge in [-0.2, -0.15) is 0 Å². The van der Waals surface area contributed by atoms with Crippen molar-refractivity contribution in [1.82, 2.24) is 4.90 Å². The third-order valence-electron chi connectivity index (χ3n) is 4.00. The van der Waals surface area contributed by atoms with Crippen molar-refractivity contribution in [3.63, 3.8) is 0 Å². The lowest BCUT2D eigenvalue weighted by Crippen LogP contribution is -2.35. The van der Waals surface area contributed by atoms with E-state index in [1.807, 2.05) is 11.9 Å². The normalized spacial score (nSPS) is 45.2. The average molecular weight is 183 g/mol. The van der Waals surface area contributed by atoms with Gasteiger partial charge in [0.05, 0.1) is 12.0 Å². The van der Waals surface area contributed by atoms with Gasteiger partial charge in [-0.15, -0.1) is 0 Å². The number of hydrogen-bond acceptors (Lipinski definition) is 2. The molecule has 0 N–H and O–H groups in total. The van der Waals surface area contributed by atoms with Gasteiger partial charge in [0, 0.05) is 19.7 Å². The molecule has 0 aromatic heterocycles. The smallest absolute Gasteiger partial charge is 0.231 e. The van der Waals surface area contributed by atoms with Crippen molar-refractivity contribution in [3.05, 3.63) is 0 Å². The summed E-state index contributed by atoms with van der Waals surface area (Å²) < 4.78 is 5.37. The fraction of sp³-hybridized carbons (Fsp3) is 0.900. The fourth-order valence-electron chi connectivity index (χ4n) is 2.64. The predicted molar refractivity (Wildman–Crippen MR) is 49.3 cm³/mol. The molecule has 0 radical (unpaired) electrons. The molecule has 74 valence electrons. The first kappa shape index (κ1) is 9.00. The Morgan fingerprint density at radius 1 is 1.54 bits per heavy atom. The van der Waals surface area contributed by atoms with Crippen molar-refractivity contribution in [2.45, 2.75) is 26.3 Å². The van der Waals surface area contributed by atoms with E-state index in [0.29, 0.717) is 18.6 Å². The van der Waals surface area contributed by atoms with Crippen molar-refractivity contribution < 1.29 is 9.53 Å². The highest BCUT2D eigenvalue weighted by molar-refractivity contribution is 5.86. The number of ether oxygens (including phenoxy) is 1. The zero-order valence-corrected chi connectivity index (χ0v) is 8.54. The van der Waals surface area contributed by atoms with E-state index in [2.05, 4.69) is 13.8 Å². The maximum absolute atomic E-state index is 12.0. The molecule has 2 heterocycles. The lowest BCUT2D eigenvalue weighted by molar-refractivity contribution is -0.136. The first-order valence-electron chi connectivity index (χ1n) is 4.94. The summed E-state index contributed by atoms with van der Waals surface area (Å²) in [5.41, 5.74) is -0.186. The Labute approximate surface area is 79.0 Å². The molecule has 3 atom stereocenters. The summed E-state index contributed by atoms with van der Waals surface area (Å²) in [6.07, 6.45) is 0.904. The van der Waals surface area contributed by atoms with Crippen LogP contribution in [0.4, 0.5) is 0 Å². The topological polar surface area (TPSA) is 29.5 Å². The molecule has 0 aromatic rings. The van der Waals surface area contributed by atoms with Gasteiger partial charge in [0.15, 0.2) is 0 Å². The molecule has 2 aliphatic rings. The summed E-state index contributed by atoms with van der Waals surface area (Å²) in [6, 6.07) is 0.356. The van der Waals surface area contributed by atoms with Gasteiger partial charge in [-0.05, 0) is 19.3 Å². The first-order valence-corrected chi connectivity index (χ1v) is 4.94. The van der Waals surface area contributed by atoms with Gasteiger partial charge in [0.1, 0.15) is 0 Å². The number of carbonyl (C=O) groups is 1. The van der Waals surface area contributed by atoms with E-state index in [0.717, 1.165) is 13.0 Å². The largest absolute Gasteiger partial charge is 0.380 e. The van der Waals surface area contributed by atoms with E-state index in [-0.39, 0.29) is 11.3 Å². The van der Waals surface area contributed by atoms with Crippen LogP contribution < -0.4 is 0 Å². The third-order valence-corrected chi connectivity index (χ3v) is 4.00. The molecule has 2 saturated heterocycles. The molecule has 3 heteroatoms. The number of hydrogen-bond donors (Lipinski definition) is 0. The van der Waals surface area contributed by atoms with E-state index in [4.69, 9.17) is 4.74 Å². The van der Waals surface area contributed by atoms with Crippen LogP contribution in [0.25, 0.3) is 0 Å².